The number of aromatic nitrogens is 6. The van der Waals surface area contributed by atoms with Gasteiger partial charge in [-0.15, -0.1) is 0 Å². The molecule has 142 valence electrons. The van der Waals surface area contributed by atoms with E-state index >= 15 is 0 Å². The van der Waals surface area contributed by atoms with Crippen LogP contribution in [0.4, 0.5) is 5.69 Å². The molecule has 3 aromatic heterocycles. The van der Waals surface area contributed by atoms with Gasteiger partial charge in [0.2, 0.25) is 5.95 Å². The van der Waals surface area contributed by atoms with E-state index in [0.717, 1.165) is 12.8 Å². The first-order valence-electron chi connectivity index (χ1n) is 8.79. The summed E-state index contributed by atoms with van der Waals surface area (Å²) >= 11 is 0. The van der Waals surface area contributed by atoms with E-state index in [0.29, 0.717) is 41.4 Å². The molecule has 11 nitrogen and oxygen atoms in total. The fourth-order valence-corrected chi connectivity index (χ4v) is 3.58. The van der Waals surface area contributed by atoms with E-state index in [-0.39, 0.29) is 17.4 Å². The van der Waals surface area contributed by atoms with Crippen LogP contribution in [-0.2, 0) is 4.74 Å². The van der Waals surface area contributed by atoms with E-state index in [9.17, 15) is 14.9 Å². The van der Waals surface area contributed by atoms with Gasteiger partial charge in [-0.25, -0.2) is 14.8 Å². The van der Waals surface area contributed by atoms with Gasteiger partial charge in [-0.1, -0.05) is 0 Å². The Bertz CT molecular complexity index is 1270. The Labute approximate surface area is 156 Å². The molecule has 0 unspecified atom stereocenters. The molecular weight excluding hydrogens is 366 g/mol. The molecule has 0 bridgehead atoms. The van der Waals surface area contributed by atoms with Gasteiger partial charge in [0.05, 0.1) is 22.2 Å². The number of non-ortho nitro benzene ring substituents is 1. The maximum Gasteiger partial charge on any atom is 0.327 e. The van der Waals surface area contributed by atoms with Crippen molar-refractivity contribution in [1.82, 2.24) is 29.1 Å². The maximum absolute atomic E-state index is 12.5. The Balaban J connectivity index is 1.64. The average Bonchev–Trinajstić information content (AvgIpc) is 3.27. The van der Waals surface area contributed by atoms with E-state index in [1.807, 2.05) is 0 Å². The number of nitrogens with one attached hydrogen (secondary N) is 1. The highest BCUT2D eigenvalue weighted by molar-refractivity contribution is 5.79. The van der Waals surface area contributed by atoms with Gasteiger partial charge in [-0.2, -0.15) is 4.98 Å². The fraction of sp³-hybridized carbons (Fsp3) is 0.294. The third-order valence-electron chi connectivity index (χ3n) is 4.96. The molecule has 0 saturated carbocycles. The summed E-state index contributed by atoms with van der Waals surface area (Å²) < 4.78 is 8.69. The number of H-pyrrole nitrogens is 1. The monoisotopic (exact) mass is 381 g/mol. The first-order valence-corrected chi connectivity index (χ1v) is 8.79. The predicted octanol–water partition coefficient (Wildman–Crippen LogP) is 1.72. The van der Waals surface area contributed by atoms with E-state index < -0.39 is 4.92 Å². The van der Waals surface area contributed by atoms with Gasteiger partial charge in [-0.3, -0.25) is 19.2 Å². The zero-order valence-electron chi connectivity index (χ0n) is 14.6. The number of imidazole rings is 2. The smallest absolute Gasteiger partial charge is 0.327 e. The Morgan fingerprint density at radius 3 is 2.86 bits per heavy atom. The number of nitro groups is 1. The molecule has 1 aliphatic heterocycles. The molecule has 1 saturated heterocycles. The Morgan fingerprint density at radius 1 is 1.25 bits per heavy atom. The summed E-state index contributed by atoms with van der Waals surface area (Å²) in [6.45, 7) is 1.21. The molecular formula is C17H15N7O4. The third kappa shape index (κ3) is 2.55. The SMILES string of the molecule is O=c1[nH]c2cnc(-n3cnc4cc([N+](=O)[O-])ccc43)nc2n1C1CCOCC1. The van der Waals surface area contributed by atoms with Crippen LogP contribution >= 0.6 is 0 Å². The van der Waals surface area contributed by atoms with Crippen molar-refractivity contribution < 1.29 is 9.66 Å². The van der Waals surface area contributed by atoms with E-state index in [4.69, 9.17) is 4.74 Å². The van der Waals surface area contributed by atoms with Crippen molar-refractivity contribution in [2.75, 3.05) is 13.2 Å². The molecule has 0 amide bonds. The number of hydrogen-bond donors (Lipinski definition) is 1. The van der Waals surface area contributed by atoms with E-state index in [1.165, 1.54) is 18.5 Å². The van der Waals surface area contributed by atoms with E-state index in [2.05, 4.69) is 19.9 Å². The molecule has 0 radical (unpaired) electrons. The van der Waals surface area contributed by atoms with Crippen molar-refractivity contribution in [2.45, 2.75) is 18.9 Å². The second-order valence-corrected chi connectivity index (χ2v) is 6.60. The molecule has 1 N–H and O–H groups in total. The summed E-state index contributed by atoms with van der Waals surface area (Å²) in [4.78, 5) is 38.9. The van der Waals surface area contributed by atoms with Crippen LogP contribution in [0.1, 0.15) is 18.9 Å². The lowest BCUT2D eigenvalue weighted by atomic mass is 10.1. The maximum atomic E-state index is 12.5. The largest absolute Gasteiger partial charge is 0.381 e. The molecule has 0 atom stereocenters. The molecule has 1 aromatic carbocycles. The number of nitrogens with zero attached hydrogens (tertiary/aromatic N) is 6. The number of nitro benzene ring substituents is 1. The first kappa shape index (κ1) is 16.6. The number of hydrogen-bond acceptors (Lipinski definition) is 7. The molecule has 28 heavy (non-hydrogen) atoms. The molecule has 4 aromatic rings. The molecule has 1 aliphatic rings. The van der Waals surface area contributed by atoms with Crippen molar-refractivity contribution in [3.8, 4) is 5.95 Å². The van der Waals surface area contributed by atoms with Gasteiger partial charge in [0.25, 0.3) is 5.69 Å². The topological polar surface area (TPSA) is 134 Å². The van der Waals surface area contributed by atoms with Crippen molar-refractivity contribution >= 4 is 27.9 Å². The molecule has 5 rings (SSSR count). The van der Waals surface area contributed by atoms with Crippen LogP contribution in [0.2, 0.25) is 0 Å². The lowest BCUT2D eigenvalue weighted by Gasteiger charge is -2.22. The minimum atomic E-state index is -0.465. The lowest BCUT2D eigenvalue weighted by Crippen LogP contribution is -2.27. The molecule has 4 heterocycles. The zero-order chi connectivity index (χ0) is 19.3. The summed E-state index contributed by atoms with van der Waals surface area (Å²) in [5.41, 5.74) is 1.92. The first-order chi connectivity index (χ1) is 13.6. The minimum Gasteiger partial charge on any atom is -0.381 e. The molecule has 11 heteroatoms. The van der Waals surface area contributed by atoms with Gasteiger partial charge in [0.1, 0.15) is 11.8 Å². The fourth-order valence-electron chi connectivity index (χ4n) is 3.58. The second kappa shape index (κ2) is 6.23. The van der Waals surface area contributed by atoms with Gasteiger partial charge in [0, 0.05) is 31.4 Å². The number of benzene rings is 1. The summed E-state index contributed by atoms with van der Waals surface area (Å²) in [5.74, 6) is 0.337. The Hall–Kier alpha value is -3.60. The number of rotatable bonds is 3. The van der Waals surface area contributed by atoms with Crippen LogP contribution in [0.3, 0.4) is 0 Å². The second-order valence-electron chi connectivity index (χ2n) is 6.60. The predicted molar refractivity (Wildman–Crippen MR) is 98.5 cm³/mol. The normalized spacial score (nSPS) is 15.4. The third-order valence-corrected chi connectivity index (χ3v) is 4.96. The zero-order valence-corrected chi connectivity index (χ0v) is 14.6. The summed E-state index contributed by atoms with van der Waals surface area (Å²) in [7, 11) is 0. The average molecular weight is 381 g/mol. The Morgan fingerprint density at radius 2 is 2.07 bits per heavy atom. The number of aromatic amines is 1. The van der Waals surface area contributed by atoms with E-state index in [1.54, 1.807) is 21.4 Å². The van der Waals surface area contributed by atoms with Crippen molar-refractivity contribution in [3.05, 3.63) is 51.3 Å². The van der Waals surface area contributed by atoms with Crippen LogP contribution in [-0.4, -0.2) is 47.2 Å². The highest BCUT2D eigenvalue weighted by Gasteiger charge is 2.22. The van der Waals surface area contributed by atoms with Gasteiger partial charge >= 0.3 is 5.69 Å². The van der Waals surface area contributed by atoms with Crippen LogP contribution in [0, 0.1) is 10.1 Å². The summed E-state index contributed by atoms with van der Waals surface area (Å²) in [5, 5.41) is 11.0. The molecule has 0 spiro atoms. The highest BCUT2D eigenvalue weighted by Crippen LogP contribution is 2.24. The van der Waals surface area contributed by atoms with Crippen molar-refractivity contribution in [1.29, 1.82) is 0 Å². The minimum absolute atomic E-state index is 0.0138. The van der Waals surface area contributed by atoms with Gasteiger partial charge in [-0.05, 0) is 18.9 Å². The lowest BCUT2D eigenvalue weighted by molar-refractivity contribution is -0.384. The number of ether oxygens (including phenoxy) is 1. The van der Waals surface area contributed by atoms with Crippen molar-refractivity contribution in [2.24, 2.45) is 0 Å². The van der Waals surface area contributed by atoms with Crippen LogP contribution < -0.4 is 5.69 Å². The molecule has 1 fully saturated rings. The summed E-state index contributed by atoms with van der Waals surface area (Å²) in [6.07, 6.45) is 4.55. The van der Waals surface area contributed by atoms with Gasteiger partial charge < -0.3 is 9.72 Å². The quantitative estimate of drug-likeness (QED) is 0.422. The Kier molecular flexibility index (Phi) is 3.69. The standard InChI is InChI=1S/C17H15N7O4/c25-17-20-13-8-18-16(21-15(13)23(17)10-3-5-28-6-4-10)22-9-19-12-7-11(24(26)27)1-2-14(12)22/h1-2,7-10H,3-6H2,(H,20,25). The highest BCUT2D eigenvalue weighted by atomic mass is 16.6. The van der Waals surface area contributed by atoms with Crippen LogP contribution in [0.15, 0.2) is 35.5 Å². The van der Waals surface area contributed by atoms with Crippen molar-refractivity contribution in [3.63, 3.8) is 0 Å². The molecule has 0 aliphatic carbocycles. The van der Waals surface area contributed by atoms with Crippen LogP contribution in [0.5, 0.6) is 0 Å². The van der Waals surface area contributed by atoms with Gasteiger partial charge in [0.15, 0.2) is 5.65 Å². The summed E-state index contributed by atoms with van der Waals surface area (Å²) in [6, 6.07) is 4.43. The van der Waals surface area contributed by atoms with Crippen LogP contribution in [0.25, 0.3) is 28.1 Å². The number of fused-ring (bicyclic) bond motifs is 2.